The SMILES string of the molecule is CC(C)(C)C(C[Si](C)(C)c1cc(Cl)cc(Cl)c1)OC(=O)C(F)(F)F. The summed E-state index contributed by atoms with van der Waals surface area (Å²) in [5.74, 6) is -2.16. The first kappa shape index (κ1) is 21.3. The summed E-state index contributed by atoms with van der Waals surface area (Å²) >= 11 is 12.1. The highest BCUT2D eigenvalue weighted by Crippen LogP contribution is 2.32. The highest BCUT2D eigenvalue weighted by Gasteiger charge is 2.45. The van der Waals surface area contributed by atoms with Crippen molar-refractivity contribution in [3.8, 4) is 0 Å². The average Bonchev–Trinajstić information content (AvgIpc) is 2.34. The van der Waals surface area contributed by atoms with Crippen molar-refractivity contribution in [2.24, 2.45) is 5.41 Å². The van der Waals surface area contributed by atoms with Crippen molar-refractivity contribution in [1.82, 2.24) is 0 Å². The molecule has 0 saturated heterocycles. The highest BCUT2D eigenvalue weighted by atomic mass is 35.5. The number of hydrogen-bond acceptors (Lipinski definition) is 2. The first-order chi connectivity index (χ1) is 10.6. The zero-order valence-corrected chi connectivity index (χ0v) is 16.7. The van der Waals surface area contributed by atoms with Crippen molar-refractivity contribution in [1.29, 1.82) is 0 Å². The van der Waals surface area contributed by atoms with E-state index >= 15 is 0 Å². The van der Waals surface area contributed by atoms with Crippen LogP contribution in [0.3, 0.4) is 0 Å². The number of carbonyl (C=O) groups excluding carboxylic acids is 1. The summed E-state index contributed by atoms with van der Waals surface area (Å²) in [5.41, 5.74) is -0.631. The van der Waals surface area contributed by atoms with Gasteiger partial charge < -0.3 is 4.74 Å². The normalized spacial score (nSPS) is 14.4. The molecule has 0 spiro atoms. The van der Waals surface area contributed by atoms with E-state index in [9.17, 15) is 18.0 Å². The maximum absolute atomic E-state index is 12.6. The van der Waals surface area contributed by atoms with Gasteiger partial charge in [-0.05, 0) is 29.7 Å². The molecule has 0 aromatic heterocycles. The molecule has 0 bridgehead atoms. The number of esters is 1. The van der Waals surface area contributed by atoms with E-state index in [4.69, 9.17) is 27.9 Å². The molecule has 8 heteroatoms. The molecule has 0 aliphatic carbocycles. The third-order valence-corrected chi connectivity index (χ3v) is 7.47. The topological polar surface area (TPSA) is 26.3 Å². The van der Waals surface area contributed by atoms with Gasteiger partial charge in [-0.2, -0.15) is 13.2 Å². The minimum Gasteiger partial charge on any atom is -0.455 e. The Bertz CT molecular complexity index is 590. The number of rotatable bonds is 4. The lowest BCUT2D eigenvalue weighted by Gasteiger charge is -2.36. The predicted molar refractivity (Wildman–Crippen MR) is 93.8 cm³/mol. The predicted octanol–water partition coefficient (Wildman–Crippen LogP) is 5.43. The molecule has 0 saturated carbocycles. The van der Waals surface area contributed by atoms with Crippen molar-refractivity contribution in [3.05, 3.63) is 28.2 Å². The van der Waals surface area contributed by atoms with Crippen molar-refractivity contribution < 1.29 is 22.7 Å². The fraction of sp³-hybridized carbons (Fsp3) is 0.562. The van der Waals surface area contributed by atoms with Gasteiger partial charge in [-0.25, -0.2) is 4.79 Å². The molecule has 1 unspecified atom stereocenters. The van der Waals surface area contributed by atoms with Gasteiger partial charge in [-0.15, -0.1) is 0 Å². The van der Waals surface area contributed by atoms with E-state index in [0.717, 1.165) is 5.19 Å². The Hall–Kier alpha value is -0.723. The summed E-state index contributed by atoms with van der Waals surface area (Å²) in [6.07, 6.45) is -5.87. The van der Waals surface area contributed by atoms with Gasteiger partial charge in [-0.1, -0.05) is 62.3 Å². The lowest BCUT2D eigenvalue weighted by molar-refractivity contribution is -0.208. The summed E-state index contributed by atoms with van der Waals surface area (Å²) in [6, 6.07) is 5.47. The van der Waals surface area contributed by atoms with Gasteiger partial charge >= 0.3 is 12.1 Å². The zero-order valence-electron chi connectivity index (χ0n) is 14.2. The van der Waals surface area contributed by atoms with Crippen molar-refractivity contribution in [3.63, 3.8) is 0 Å². The Morgan fingerprint density at radius 3 is 1.96 bits per heavy atom. The summed E-state index contributed by atoms with van der Waals surface area (Å²) in [5, 5.41) is 1.84. The molecular formula is C16H21Cl2F3O2Si. The Morgan fingerprint density at radius 1 is 1.12 bits per heavy atom. The number of ether oxygens (including phenoxy) is 1. The Labute approximate surface area is 151 Å². The van der Waals surface area contributed by atoms with E-state index in [1.165, 1.54) is 0 Å². The molecule has 1 atom stereocenters. The monoisotopic (exact) mass is 400 g/mol. The average molecular weight is 401 g/mol. The van der Waals surface area contributed by atoms with Crippen LogP contribution in [0.5, 0.6) is 0 Å². The lowest BCUT2D eigenvalue weighted by Crippen LogP contribution is -2.48. The fourth-order valence-corrected chi connectivity index (χ4v) is 5.91. The molecule has 0 heterocycles. The fourth-order valence-electron chi connectivity index (χ4n) is 2.25. The van der Waals surface area contributed by atoms with Crippen LogP contribution >= 0.6 is 23.2 Å². The van der Waals surface area contributed by atoms with Crippen LogP contribution in [0.2, 0.25) is 29.2 Å². The van der Waals surface area contributed by atoms with Gasteiger partial charge in [0, 0.05) is 10.0 Å². The summed E-state index contributed by atoms with van der Waals surface area (Å²) < 4.78 is 42.5. The van der Waals surface area contributed by atoms with Crippen LogP contribution in [0, 0.1) is 5.41 Å². The van der Waals surface area contributed by atoms with Crippen molar-refractivity contribution >= 4 is 42.4 Å². The van der Waals surface area contributed by atoms with Crippen LogP contribution in [0.4, 0.5) is 13.2 Å². The van der Waals surface area contributed by atoms with Crippen molar-refractivity contribution in [2.45, 2.75) is 52.2 Å². The van der Waals surface area contributed by atoms with Gasteiger partial charge in [0.15, 0.2) is 0 Å². The molecule has 0 N–H and O–H groups in total. The summed E-state index contributed by atoms with van der Waals surface area (Å²) in [6.45, 7) is 9.20. The smallest absolute Gasteiger partial charge is 0.455 e. The van der Waals surface area contributed by atoms with E-state index < -0.39 is 31.7 Å². The summed E-state index contributed by atoms with van der Waals surface area (Å²) in [4.78, 5) is 11.3. The second-order valence-corrected chi connectivity index (χ2v) is 13.1. The van der Waals surface area contributed by atoms with E-state index in [1.807, 2.05) is 13.1 Å². The highest BCUT2D eigenvalue weighted by molar-refractivity contribution is 6.90. The number of benzene rings is 1. The zero-order chi connectivity index (χ0) is 18.9. The lowest BCUT2D eigenvalue weighted by atomic mass is 9.90. The molecule has 1 aromatic rings. The molecule has 0 aliphatic heterocycles. The van der Waals surface area contributed by atoms with E-state index in [2.05, 4.69) is 0 Å². The molecule has 0 aliphatic rings. The largest absolute Gasteiger partial charge is 0.490 e. The van der Waals surface area contributed by atoms with Crippen molar-refractivity contribution in [2.75, 3.05) is 0 Å². The molecule has 0 radical (unpaired) electrons. The van der Waals surface area contributed by atoms with E-state index in [-0.39, 0.29) is 0 Å². The molecule has 136 valence electrons. The maximum atomic E-state index is 12.6. The molecule has 0 amide bonds. The quantitative estimate of drug-likeness (QED) is 0.497. The van der Waals surface area contributed by atoms with Gasteiger partial charge in [0.05, 0.1) is 8.07 Å². The van der Waals surface area contributed by atoms with Gasteiger partial charge in [-0.3, -0.25) is 0 Å². The van der Waals surface area contributed by atoms with Crippen LogP contribution in [0.25, 0.3) is 0 Å². The first-order valence-corrected chi connectivity index (χ1v) is 11.3. The second kappa shape index (κ2) is 7.26. The maximum Gasteiger partial charge on any atom is 0.490 e. The van der Waals surface area contributed by atoms with Crippen LogP contribution in [0.1, 0.15) is 20.8 Å². The van der Waals surface area contributed by atoms with Crippen LogP contribution < -0.4 is 5.19 Å². The number of hydrogen-bond donors (Lipinski definition) is 0. The third-order valence-electron chi connectivity index (χ3n) is 3.79. The Kier molecular flexibility index (Phi) is 6.45. The molecule has 1 rings (SSSR count). The minimum atomic E-state index is -5.01. The van der Waals surface area contributed by atoms with Crippen LogP contribution in [0.15, 0.2) is 18.2 Å². The Morgan fingerprint density at radius 2 is 1.58 bits per heavy atom. The van der Waals surface area contributed by atoms with Crippen LogP contribution in [-0.2, 0) is 9.53 Å². The number of halogens is 5. The first-order valence-electron chi connectivity index (χ1n) is 7.37. The summed E-state index contributed by atoms with van der Waals surface area (Å²) in [7, 11) is -2.25. The molecule has 24 heavy (non-hydrogen) atoms. The minimum absolute atomic E-state index is 0.328. The van der Waals surface area contributed by atoms with E-state index in [0.29, 0.717) is 16.1 Å². The Balaban J connectivity index is 3.10. The molecule has 0 fully saturated rings. The number of alkyl halides is 3. The molecular weight excluding hydrogens is 380 g/mol. The molecule has 2 nitrogen and oxygen atoms in total. The van der Waals surface area contributed by atoms with Crippen LogP contribution in [-0.4, -0.2) is 26.3 Å². The van der Waals surface area contributed by atoms with Gasteiger partial charge in [0.25, 0.3) is 0 Å². The number of carbonyl (C=O) groups is 1. The third kappa shape index (κ3) is 5.97. The van der Waals surface area contributed by atoms with E-state index in [1.54, 1.807) is 39.0 Å². The van der Waals surface area contributed by atoms with Gasteiger partial charge in [0.2, 0.25) is 0 Å². The van der Waals surface area contributed by atoms with Gasteiger partial charge in [0.1, 0.15) is 6.10 Å². The standard InChI is InChI=1S/C16H21Cl2F3O2Si/c1-15(2,3)13(23-14(22)16(19,20)21)9-24(4,5)12-7-10(17)6-11(18)8-12/h6-8,13H,9H2,1-5H3. The second-order valence-electron chi connectivity index (χ2n) is 7.50. The molecule has 1 aromatic carbocycles.